The van der Waals surface area contributed by atoms with Crippen LogP contribution in [0.2, 0.25) is 0 Å². The fourth-order valence-electron chi connectivity index (χ4n) is 2.81. The van der Waals surface area contributed by atoms with Gasteiger partial charge in [0.25, 0.3) is 0 Å². The normalized spacial score (nSPS) is 13.9. The van der Waals surface area contributed by atoms with Crippen molar-refractivity contribution in [3.05, 3.63) is 36.4 Å². The summed E-state index contributed by atoms with van der Waals surface area (Å²) in [7, 11) is 0. The molecule has 0 bridgehead atoms. The molecular formula is C19H26N2O3. The van der Waals surface area contributed by atoms with E-state index in [0.29, 0.717) is 6.54 Å². The van der Waals surface area contributed by atoms with E-state index < -0.39 is 11.7 Å². The topological polar surface area (TPSA) is 49.9 Å². The quantitative estimate of drug-likeness (QED) is 0.790. The van der Waals surface area contributed by atoms with Crippen LogP contribution >= 0.6 is 0 Å². The Morgan fingerprint density at radius 2 is 2.08 bits per heavy atom. The zero-order valence-electron chi connectivity index (χ0n) is 15.0. The molecule has 24 heavy (non-hydrogen) atoms. The van der Waals surface area contributed by atoms with Crippen LogP contribution in [0.25, 0.3) is 0 Å². The van der Waals surface area contributed by atoms with Crippen LogP contribution in [0.5, 0.6) is 0 Å². The average Bonchev–Trinajstić information content (AvgIpc) is 2.49. The molecule has 2 amide bonds. The lowest BCUT2D eigenvalue weighted by Gasteiger charge is -2.31. The number of benzene rings is 1. The van der Waals surface area contributed by atoms with E-state index in [1.54, 1.807) is 22.8 Å². The zero-order valence-corrected chi connectivity index (χ0v) is 15.0. The summed E-state index contributed by atoms with van der Waals surface area (Å²) in [6.07, 6.45) is 3.08. The van der Waals surface area contributed by atoms with Crippen LogP contribution in [-0.2, 0) is 16.0 Å². The van der Waals surface area contributed by atoms with E-state index in [0.717, 1.165) is 36.3 Å². The van der Waals surface area contributed by atoms with Crippen LogP contribution in [0.1, 0.15) is 39.7 Å². The van der Waals surface area contributed by atoms with Gasteiger partial charge in [0, 0.05) is 31.4 Å². The molecule has 2 rings (SSSR count). The van der Waals surface area contributed by atoms with Crippen molar-refractivity contribution >= 4 is 23.4 Å². The molecule has 1 aromatic carbocycles. The van der Waals surface area contributed by atoms with Crippen LogP contribution in [0.4, 0.5) is 16.2 Å². The first-order valence-electron chi connectivity index (χ1n) is 8.25. The molecule has 0 spiro atoms. The van der Waals surface area contributed by atoms with Crippen LogP contribution in [0.3, 0.4) is 0 Å². The highest BCUT2D eigenvalue weighted by Gasteiger charge is 2.25. The van der Waals surface area contributed by atoms with Gasteiger partial charge in [0.05, 0.1) is 0 Å². The number of rotatable bonds is 3. The Bertz CT molecular complexity index is 647. The van der Waals surface area contributed by atoms with E-state index in [4.69, 9.17) is 4.74 Å². The lowest BCUT2D eigenvalue weighted by Crippen LogP contribution is -2.37. The second-order valence-electron chi connectivity index (χ2n) is 6.97. The molecule has 0 saturated heterocycles. The molecule has 0 aromatic heterocycles. The summed E-state index contributed by atoms with van der Waals surface area (Å²) in [6, 6.07) is 5.73. The molecular weight excluding hydrogens is 304 g/mol. The van der Waals surface area contributed by atoms with Gasteiger partial charge < -0.3 is 9.64 Å². The van der Waals surface area contributed by atoms with Gasteiger partial charge in [-0.15, -0.1) is 6.58 Å². The fourth-order valence-corrected chi connectivity index (χ4v) is 2.81. The molecule has 0 atom stereocenters. The Hall–Kier alpha value is -2.30. The number of hydrogen-bond acceptors (Lipinski definition) is 3. The zero-order chi connectivity index (χ0) is 17.9. The van der Waals surface area contributed by atoms with Gasteiger partial charge in [-0.05, 0) is 57.4 Å². The second-order valence-corrected chi connectivity index (χ2v) is 6.97. The monoisotopic (exact) mass is 330 g/mol. The van der Waals surface area contributed by atoms with E-state index in [2.05, 4.69) is 6.58 Å². The summed E-state index contributed by atoms with van der Waals surface area (Å²) < 4.78 is 5.48. The minimum absolute atomic E-state index is 0.0405. The van der Waals surface area contributed by atoms with Crippen molar-refractivity contribution in [2.24, 2.45) is 0 Å². The number of aryl methyl sites for hydroxylation is 1. The molecule has 5 heteroatoms. The Kier molecular flexibility index (Phi) is 5.32. The van der Waals surface area contributed by atoms with E-state index in [-0.39, 0.29) is 5.91 Å². The average molecular weight is 330 g/mol. The van der Waals surface area contributed by atoms with Crippen LogP contribution in [0.15, 0.2) is 30.9 Å². The highest BCUT2D eigenvalue weighted by Crippen LogP contribution is 2.31. The van der Waals surface area contributed by atoms with Gasteiger partial charge in [0.15, 0.2) is 0 Å². The van der Waals surface area contributed by atoms with Crippen molar-refractivity contribution in [2.45, 2.75) is 46.1 Å². The van der Waals surface area contributed by atoms with Gasteiger partial charge in [-0.1, -0.05) is 6.08 Å². The SMILES string of the molecule is C=CCN(C(=O)OC(C)(C)C)c1ccc2c(c1)CCCN2C(C)=O. The van der Waals surface area contributed by atoms with Gasteiger partial charge >= 0.3 is 6.09 Å². The van der Waals surface area contributed by atoms with E-state index in [1.165, 1.54) is 0 Å². The van der Waals surface area contributed by atoms with Gasteiger partial charge in [0.1, 0.15) is 5.60 Å². The number of ether oxygens (including phenoxy) is 1. The first-order chi connectivity index (χ1) is 11.2. The van der Waals surface area contributed by atoms with Crippen molar-refractivity contribution in [1.82, 2.24) is 0 Å². The number of carbonyl (C=O) groups is 2. The number of amides is 2. The summed E-state index contributed by atoms with van der Waals surface area (Å²) in [6.45, 7) is 11.9. The second kappa shape index (κ2) is 7.07. The highest BCUT2D eigenvalue weighted by molar-refractivity contribution is 5.94. The Morgan fingerprint density at radius 1 is 1.38 bits per heavy atom. The van der Waals surface area contributed by atoms with Crippen molar-refractivity contribution in [1.29, 1.82) is 0 Å². The fraction of sp³-hybridized carbons (Fsp3) is 0.474. The lowest BCUT2D eigenvalue weighted by molar-refractivity contribution is -0.116. The maximum Gasteiger partial charge on any atom is 0.415 e. The molecule has 130 valence electrons. The van der Waals surface area contributed by atoms with Crippen LogP contribution < -0.4 is 9.80 Å². The Labute approximate surface area is 143 Å². The molecule has 0 fully saturated rings. The molecule has 1 aliphatic heterocycles. The number of fused-ring (bicyclic) bond motifs is 1. The van der Waals surface area contributed by atoms with E-state index in [9.17, 15) is 9.59 Å². The molecule has 0 radical (unpaired) electrons. The van der Waals surface area contributed by atoms with Gasteiger partial charge in [-0.25, -0.2) is 4.79 Å². The Balaban J connectivity index is 2.33. The third kappa shape index (κ3) is 4.16. The summed E-state index contributed by atoms with van der Waals surface area (Å²) >= 11 is 0. The molecule has 0 saturated carbocycles. The molecule has 0 aliphatic carbocycles. The summed E-state index contributed by atoms with van der Waals surface area (Å²) in [5.41, 5.74) is 2.20. The third-order valence-electron chi connectivity index (χ3n) is 3.80. The molecule has 1 aromatic rings. The minimum atomic E-state index is -0.559. The van der Waals surface area contributed by atoms with E-state index in [1.807, 2.05) is 39.0 Å². The van der Waals surface area contributed by atoms with Crippen molar-refractivity contribution in [3.8, 4) is 0 Å². The van der Waals surface area contributed by atoms with Crippen molar-refractivity contribution in [3.63, 3.8) is 0 Å². The largest absolute Gasteiger partial charge is 0.443 e. The highest BCUT2D eigenvalue weighted by atomic mass is 16.6. The third-order valence-corrected chi connectivity index (χ3v) is 3.80. The number of nitrogens with zero attached hydrogens (tertiary/aromatic N) is 2. The molecule has 5 nitrogen and oxygen atoms in total. The molecule has 1 aliphatic rings. The van der Waals surface area contributed by atoms with Crippen molar-refractivity contribution < 1.29 is 14.3 Å². The smallest absolute Gasteiger partial charge is 0.415 e. The summed E-state index contributed by atoms with van der Waals surface area (Å²) in [5, 5.41) is 0. The summed E-state index contributed by atoms with van der Waals surface area (Å²) in [4.78, 5) is 27.6. The maximum absolute atomic E-state index is 12.5. The van der Waals surface area contributed by atoms with Gasteiger partial charge in [-0.2, -0.15) is 0 Å². The van der Waals surface area contributed by atoms with Gasteiger partial charge in [0.2, 0.25) is 5.91 Å². The number of anilines is 2. The molecule has 1 heterocycles. The maximum atomic E-state index is 12.5. The first kappa shape index (κ1) is 18.0. The van der Waals surface area contributed by atoms with E-state index >= 15 is 0 Å². The predicted octanol–water partition coefficient (Wildman–Crippen LogP) is 3.91. The van der Waals surface area contributed by atoms with Crippen LogP contribution in [-0.4, -0.2) is 30.7 Å². The standard InChI is InChI=1S/C19H26N2O3/c1-6-11-21(18(23)24-19(3,4)5)16-9-10-17-15(13-16)8-7-12-20(17)14(2)22/h6,9-10,13H,1,7-8,11-12H2,2-5H3. The van der Waals surface area contributed by atoms with Crippen molar-refractivity contribution in [2.75, 3.05) is 22.9 Å². The lowest BCUT2D eigenvalue weighted by atomic mass is 10.0. The Morgan fingerprint density at radius 3 is 2.67 bits per heavy atom. The molecule has 0 unspecified atom stereocenters. The van der Waals surface area contributed by atoms with Gasteiger partial charge in [-0.3, -0.25) is 9.69 Å². The number of carbonyl (C=O) groups excluding carboxylic acids is 2. The summed E-state index contributed by atoms with van der Waals surface area (Å²) in [5.74, 6) is 0.0405. The van der Waals surface area contributed by atoms with Crippen LogP contribution in [0, 0.1) is 0 Å². The number of hydrogen-bond donors (Lipinski definition) is 0. The molecule has 0 N–H and O–H groups in total. The first-order valence-corrected chi connectivity index (χ1v) is 8.25. The minimum Gasteiger partial charge on any atom is -0.443 e. The predicted molar refractivity (Wildman–Crippen MR) is 96.6 cm³/mol.